The van der Waals surface area contributed by atoms with Crippen LogP contribution in [0.1, 0.15) is 25.0 Å². The number of aromatic nitrogens is 1. The number of hydrogen-bond donors (Lipinski definition) is 0. The van der Waals surface area contributed by atoms with Crippen LogP contribution in [-0.2, 0) is 11.2 Å². The van der Waals surface area contributed by atoms with Gasteiger partial charge in [-0.1, -0.05) is 43.4 Å². The Bertz CT molecular complexity index is 1010. The Labute approximate surface area is 188 Å². The number of nitrogens with zero attached hydrogens (tertiary/aromatic N) is 3. The SMILES string of the molecule is CCN(CC)CCN(C(=O)Cc1ccc(OC)cc1)c1nc2c(OC)ccc(C)c2s1. The van der Waals surface area contributed by atoms with Crippen LogP contribution >= 0.6 is 11.3 Å². The van der Waals surface area contributed by atoms with E-state index in [1.165, 1.54) is 0 Å². The predicted octanol–water partition coefficient (Wildman–Crippen LogP) is 4.54. The molecule has 0 aliphatic carbocycles. The molecule has 0 aliphatic heterocycles. The molecule has 0 unspecified atom stereocenters. The number of benzene rings is 2. The number of carbonyl (C=O) groups is 1. The molecule has 1 aromatic heterocycles. The van der Waals surface area contributed by atoms with Crippen molar-refractivity contribution in [3.8, 4) is 11.5 Å². The number of hydrogen-bond acceptors (Lipinski definition) is 6. The molecule has 0 radical (unpaired) electrons. The molecule has 3 aromatic rings. The number of carbonyl (C=O) groups excluding carboxylic acids is 1. The van der Waals surface area contributed by atoms with E-state index in [2.05, 4.69) is 25.7 Å². The number of amides is 1. The lowest BCUT2D eigenvalue weighted by Gasteiger charge is -2.24. The Hall–Kier alpha value is -2.64. The van der Waals surface area contributed by atoms with Crippen LogP contribution in [0.2, 0.25) is 0 Å². The van der Waals surface area contributed by atoms with Crippen LogP contribution in [0.3, 0.4) is 0 Å². The molecule has 0 aliphatic rings. The van der Waals surface area contributed by atoms with E-state index in [-0.39, 0.29) is 5.91 Å². The van der Waals surface area contributed by atoms with E-state index < -0.39 is 0 Å². The van der Waals surface area contributed by atoms with Crippen LogP contribution in [0.25, 0.3) is 10.2 Å². The van der Waals surface area contributed by atoms with Gasteiger partial charge >= 0.3 is 0 Å². The quantitative estimate of drug-likeness (QED) is 0.462. The summed E-state index contributed by atoms with van der Waals surface area (Å²) >= 11 is 1.55. The van der Waals surface area contributed by atoms with Gasteiger partial charge in [-0.05, 0) is 49.3 Å². The third kappa shape index (κ3) is 5.35. The number of methoxy groups -OCH3 is 2. The Morgan fingerprint density at radius 3 is 2.32 bits per heavy atom. The van der Waals surface area contributed by atoms with Crippen LogP contribution in [-0.4, -0.2) is 56.2 Å². The number of anilines is 1. The molecule has 0 atom stereocenters. The summed E-state index contributed by atoms with van der Waals surface area (Å²) in [6, 6.07) is 11.6. The van der Waals surface area contributed by atoms with Gasteiger partial charge < -0.3 is 14.4 Å². The molecule has 166 valence electrons. The van der Waals surface area contributed by atoms with Crippen molar-refractivity contribution in [2.45, 2.75) is 27.2 Å². The van der Waals surface area contributed by atoms with E-state index in [1.54, 1.807) is 25.6 Å². The zero-order valence-electron chi connectivity index (χ0n) is 19.0. The maximum Gasteiger partial charge on any atom is 0.233 e. The zero-order chi connectivity index (χ0) is 22.4. The van der Waals surface area contributed by atoms with Crippen molar-refractivity contribution >= 4 is 32.6 Å². The van der Waals surface area contributed by atoms with Gasteiger partial charge in [0.15, 0.2) is 5.13 Å². The van der Waals surface area contributed by atoms with Gasteiger partial charge in [-0.25, -0.2) is 4.98 Å². The zero-order valence-corrected chi connectivity index (χ0v) is 19.8. The Kier molecular flexibility index (Phi) is 7.87. The number of rotatable bonds is 10. The summed E-state index contributed by atoms with van der Waals surface area (Å²) in [5, 5.41) is 0.716. The molecule has 0 spiro atoms. The third-order valence-corrected chi connectivity index (χ3v) is 6.71. The first-order valence-corrected chi connectivity index (χ1v) is 11.4. The van der Waals surface area contributed by atoms with Crippen LogP contribution in [0, 0.1) is 6.92 Å². The van der Waals surface area contributed by atoms with Gasteiger partial charge in [-0.2, -0.15) is 0 Å². The fourth-order valence-electron chi connectivity index (χ4n) is 3.50. The van der Waals surface area contributed by atoms with E-state index in [1.807, 2.05) is 41.3 Å². The van der Waals surface area contributed by atoms with E-state index in [9.17, 15) is 4.79 Å². The summed E-state index contributed by atoms with van der Waals surface area (Å²) in [4.78, 5) is 22.3. The smallest absolute Gasteiger partial charge is 0.233 e. The molecular formula is C24H31N3O3S. The van der Waals surface area contributed by atoms with Crippen LogP contribution in [0.4, 0.5) is 5.13 Å². The van der Waals surface area contributed by atoms with Crippen molar-refractivity contribution < 1.29 is 14.3 Å². The van der Waals surface area contributed by atoms with Gasteiger partial charge in [-0.3, -0.25) is 9.69 Å². The van der Waals surface area contributed by atoms with E-state index >= 15 is 0 Å². The maximum absolute atomic E-state index is 13.4. The lowest BCUT2D eigenvalue weighted by atomic mass is 10.1. The summed E-state index contributed by atoms with van der Waals surface area (Å²) in [6.45, 7) is 9.62. The second-order valence-corrected chi connectivity index (χ2v) is 8.33. The molecule has 0 N–H and O–H groups in total. The van der Waals surface area contributed by atoms with Gasteiger partial charge in [0, 0.05) is 13.1 Å². The fourth-order valence-corrected chi connectivity index (χ4v) is 4.60. The van der Waals surface area contributed by atoms with Crippen molar-refractivity contribution in [3.05, 3.63) is 47.5 Å². The number of ether oxygens (including phenoxy) is 2. The number of aryl methyl sites for hydroxylation is 1. The molecular weight excluding hydrogens is 410 g/mol. The molecule has 1 heterocycles. The Balaban J connectivity index is 1.92. The fraction of sp³-hybridized carbons (Fsp3) is 0.417. The third-order valence-electron chi connectivity index (χ3n) is 5.49. The lowest BCUT2D eigenvalue weighted by molar-refractivity contribution is -0.118. The van der Waals surface area contributed by atoms with E-state index in [0.29, 0.717) is 18.1 Å². The van der Waals surface area contributed by atoms with Crippen molar-refractivity contribution in [2.75, 3.05) is 45.3 Å². The highest BCUT2D eigenvalue weighted by atomic mass is 32.1. The molecule has 0 saturated heterocycles. The molecule has 0 fully saturated rings. The van der Waals surface area contributed by atoms with Crippen molar-refractivity contribution in [2.24, 2.45) is 0 Å². The number of likely N-dealkylation sites (N-methyl/N-ethyl adjacent to an activating group) is 1. The van der Waals surface area contributed by atoms with Crippen molar-refractivity contribution in [1.29, 1.82) is 0 Å². The summed E-state index contributed by atoms with van der Waals surface area (Å²) in [6.07, 6.45) is 0.314. The molecule has 0 saturated carbocycles. The minimum Gasteiger partial charge on any atom is -0.497 e. The molecule has 31 heavy (non-hydrogen) atoms. The monoisotopic (exact) mass is 441 g/mol. The maximum atomic E-state index is 13.4. The number of fused-ring (bicyclic) bond motifs is 1. The minimum absolute atomic E-state index is 0.0352. The second kappa shape index (κ2) is 10.6. The van der Waals surface area contributed by atoms with Crippen LogP contribution in [0.5, 0.6) is 11.5 Å². The first kappa shape index (κ1) is 23.0. The van der Waals surface area contributed by atoms with Gasteiger partial charge in [0.25, 0.3) is 0 Å². The van der Waals surface area contributed by atoms with Crippen LogP contribution in [0.15, 0.2) is 36.4 Å². The summed E-state index contributed by atoms with van der Waals surface area (Å²) in [5.74, 6) is 1.55. The molecule has 0 bridgehead atoms. The lowest BCUT2D eigenvalue weighted by Crippen LogP contribution is -2.39. The predicted molar refractivity (Wildman–Crippen MR) is 128 cm³/mol. The van der Waals surface area contributed by atoms with Gasteiger partial charge in [0.05, 0.1) is 25.3 Å². The summed E-state index contributed by atoms with van der Waals surface area (Å²) in [5.41, 5.74) is 2.90. The van der Waals surface area contributed by atoms with Crippen molar-refractivity contribution in [1.82, 2.24) is 9.88 Å². The van der Waals surface area contributed by atoms with Crippen LogP contribution < -0.4 is 14.4 Å². The minimum atomic E-state index is 0.0352. The topological polar surface area (TPSA) is 54.9 Å². The highest BCUT2D eigenvalue weighted by Gasteiger charge is 2.22. The Morgan fingerprint density at radius 2 is 1.71 bits per heavy atom. The Morgan fingerprint density at radius 1 is 1.00 bits per heavy atom. The van der Waals surface area contributed by atoms with Gasteiger partial charge in [-0.15, -0.1) is 0 Å². The molecule has 6 nitrogen and oxygen atoms in total. The first-order chi connectivity index (χ1) is 15.0. The second-order valence-electron chi connectivity index (χ2n) is 7.36. The molecule has 1 amide bonds. The van der Waals surface area contributed by atoms with E-state index in [0.717, 1.165) is 52.5 Å². The van der Waals surface area contributed by atoms with Gasteiger partial charge in [0.2, 0.25) is 5.91 Å². The summed E-state index contributed by atoms with van der Waals surface area (Å²) in [7, 11) is 3.29. The average molecular weight is 442 g/mol. The molecule has 3 rings (SSSR count). The standard InChI is InChI=1S/C24H31N3O3S/c1-6-26(7-2)14-15-27(21(28)16-18-9-11-19(29-4)12-10-18)24-25-22-20(30-5)13-8-17(3)23(22)31-24/h8-13H,6-7,14-16H2,1-5H3. The largest absolute Gasteiger partial charge is 0.497 e. The van der Waals surface area contributed by atoms with E-state index in [4.69, 9.17) is 14.5 Å². The normalized spacial score (nSPS) is 11.2. The first-order valence-electron chi connectivity index (χ1n) is 10.6. The van der Waals surface area contributed by atoms with Gasteiger partial charge in [0.1, 0.15) is 17.0 Å². The average Bonchev–Trinajstić information content (AvgIpc) is 3.23. The molecule has 7 heteroatoms. The summed E-state index contributed by atoms with van der Waals surface area (Å²) < 4.78 is 11.8. The highest BCUT2D eigenvalue weighted by molar-refractivity contribution is 7.22. The highest BCUT2D eigenvalue weighted by Crippen LogP contribution is 2.36. The van der Waals surface area contributed by atoms with Crippen molar-refractivity contribution in [3.63, 3.8) is 0 Å². The molecule has 2 aromatic carbocycles. The number of thiazole rings is 1.